The van der Waals surface area contributed by atoms with Crippen LogP contribution in [0.3, 0.4) is 0 Å². The van der Waals surface area contributed by atoms with Crippen LogP contribution in [0.15, 0.2) is 6.07 Å². The third-order valence-corrected chi connectivity index (χ3v) is 5.08. The molecule has 1 atom stereocenters. The van der Waals surface area contributed by atoms with Crippen LogP contribution in [0, 0.1) is 25.2 Å². The highest BCUT2D eigenvalue weighted by atomic mass is 32.2. The first-order valence-electron chi connectivity index (χ1n) is 6.26. The molecule has 0 amide bonds. The lowest BCUT2D eigenvalue weighted by molar-refractivity contribution is 0.562. The number of rotatable bonds is 2. The number of nitrogens with one attached hydrogen (secondary N) is 1. The number of aromatic nitrogens is 1. The van der Waals surface area contributed by atoms with Crippen molar-refractivity contribution in [1.82, 2.24) is 4.98 Å². The largest absolute Gasteiger partial charge is 0.380 e. The maximum absolute atomic E-state index is 11.6. The van der Waals surface area contributed by atoms with Gasteiger partial charge in [-0.2, -0.15) is 5.26 Å². The Bertz CT molecular complexity index is 632. The first-order valence-corrected chi connectivity index (χ1v) is 8.09. The normalized spacial score (nSPS) is 21.6. The standard InChI is InChI=1S/C13H17N3O2S/c1-9-6-13(12(7-14)10(2)15-9)16-11-4-3-5-19(17,18)8-11/h6,11H,3-5,8H2,1-2H3,(H,15,16). The maximum atomic E-state index is 11.6. The fourth-order valence-corrected chi connectivity index (χ4v) is 4.08. The molecule has 0 saturated carbocycles. The SMILES string of the molecule is Cc1cc(NC2CCCS(=O)(=O)C2)c(C#N)c(C)n1. The van der Waals surface area contributed by atoms with Crippen molar-refractivity contribution in [2.45, 2.75) is 32.7 Å². The van der Waals surface area contributed by atoms with Crippen LogP contribution in [0.5, 0.6) is 0 Å². The molecule has 1 aliphatic rings. The van der Waals surface area contributed by atoms with Gasteiger partial charge in [-0.25, -0.2) is 8.42 Å². The summed E-state index contributed by atoms with van der Waals surface area (Å²) in [7, 11) is -2.95. The molecule has 1 N–H and O–H groups in total. The average molecular weight is 279 g/mol. The summed E-state index contributed by atoms with van der Waals surface area (Å²) in [6.45, 7) is 3.64. The molecule has 1 saturated heterocycles. The molecule has 1 aromatic heterocycles. The predicted octanol–water partition coefficient (Wildman–Crippen LogP) is 1.56. The summed E-state index contributed by atoms with van der Waals surface area (Å²) >= 11 is 0. The molecular weight excluding hydrogens is 262 g/mol. The third kappa shape index (κ3) is 3.24. The van der Waals surface area contributed by atoms with E-state index in [-0.39, 0.29) is 17.5 Å². The van der Waals surface area contributed by atoms with Crippen LogP contribution in [0.25, 0.3) is 0 Å². The highest BCUT2D eigenvalue weighted by Crippen LogP contribution is 2.22. The average Bonchev–Trinajstić information content (AvgIpc) is 2.26. The molecule has 19 heavy (non-hydrogen) atoms. The molecule has 5 nitrogen and oxygen atoms in total. The Balaban J connectivity index is 2.26. The number of aryl methyl sites for hydroxylation is 2. The van der Waals surface area contributed by atoms with Crippen LogP contribution >= 0.6 is 0 Å². The Morgan fingerprint density at radius 1 is 1.47 bits per heavy atom. The predicted molar refractivity (Wildman–Crippen MR) is 73.7 cm³/mol. The zero-order valence-electron chi connectivity index (χ0n) is 11.1. The summed E-state index contributed by atoms with van der Waals surface area (Å²) < 4.78 is 23.2. The van der Waals surface area contributed by atoms with Gasteiger partial charge in [-0.15, -0.1) is 0 Å². The van der Waals surface area contributed by atoms with Crippen molar-refractivity contribution in [3.8, 4) is 6.07 Å². The number of sulfone groups is 1. The van der Waals surface area contributed by atoms with E-state index in [1.165, 1.54) is 0 Å². The van der Waals surface area contributed by atoms with Gasteiger partial charge >= 0.3 is 0 Å². The quantitative estimate of drug-likeness (QED) is 0.888. The van der Waals surface area contributed by atoms with Gasteiger partial charge in [0.1, 0.15) is 6.07 Å². The second kappa shape index (κ2) is 5.17. The van der Waals surface area contributed by atoms with Gasteiger partial charge in [0.15, 0.2) is 9.84 Å². The van der Waals surface area contributed by atoms with Crippen molar-refractivity contribution >= 4 is 15.5 Å². The molecule has 1 unspecified atom stereocenters. The molecule has 0 aromatic carbocycles. The van der Waals surface area contributed by atoms with Crippen LogP contribution in [0.1, 0.15) is 29.8 Å². The van der Waals surface area contributed by atoms with Crippen molar-refractivity contribution in [1.29, 1.82) is 5.26 Å². The lowest BCUT2D eigenvalue weighted by atomic mass is 10.1. The van der Waals surface area contributed by atoms with Crippen LogP contribution in [0.2, 0.25) is 0 Å². The van der Waals surface area contributed by atoms with Gasteiger partial charge in [-0.05, 0) is 32.8 Å². The Kier molecular flexibility index (Phi) is 3.76. The maximum Gasteiger partial charge on any atom is 0.152 e. The van der Waals surface area contributed by atoms with Gasteiger partial charge in [0.2, 0.25) is 0 Å². The van der Waals surface area contributed by atoms with Crippen molar-refractivity contribution in [2.24, 2.45) is 0 Å². The molecular formula is C13H17N3O2S. The highest BCUT2D eigenvalue weighted by Gasteiger charge is 2.25. The van der Waals surface area contributed by atoms with E-state index in [2.05, 4.69) is 16.4 Å². The van der Waals surface area contributed by atoms with Gasteiger partial charge in [-0.1, -0.05) is 0 Å². The number of hydrogen-bond donors (Lipinski definition) is 1. The van der Waals surface area contributed by atoms with E-state index in [0.717, 1.165) is 12.1 Å². The fourth-order valence-electron chi connectivity index (χ4n) is 2.44. The van der Waals surface area contributed by atoms with Gasteiger partial charge < -0.3 is 5.32 Å². The van der Waals surface area contributed by atoms with Gasteiger partial charge in [-0.3, -0.25) is 4.98 Å². The molecule has 2 heterocycles. The number of hydrogen-bond acceptors (Lipinski definition) is 5. The van der Waals surface area contributed by atoms with Crippen LogP contribution in [0.4, 0.5) is 5.69 Å². The minimum atomic E-state index is -2.95. The first kappa shape index (κ1) is 13.8. The van der Waals surface area contributed by atoms with Gasteiger partial charge in [0.05, 0.1) is 28.5 Å². The lowest BCUT2D eigenvalue weighted by Gasteiger charge is -2.24. The monoisotopic (exact) mass is 279 g/mol. The summed E-state index contributed by atoms with van der Waals surface area (Å²) in [6, 6.07) is 3.81. The topological polar surface area (TPSA) is 82.9 Å². The van der Waals surface area contributed by atoms with Crippen molar-refractivity contribution in [2.75, 3.05) is 16.8 Å². The molecule has 6 heteroatoms. The minimum absolute atomic E-state index is 0.118. The zero-order valence-corrected chi connectivity index (χ0v) is 11.9. The van der Waals surface area contributed by atoms with Crippen LogP contribution in [-0.4, -0.2) is 30.9 Å². The zero-order chi connectivity index (χ0) is 14.0. The van der Waals surface area contributed by atoms with Gasteiger partial charge in [0.25, 0.3) is 0 Å². The van der Waals surface area contributed by atoms with E-state index in [0.29, 0.717) is 23.4 Å². The number of anilines is 1. The highest BCUT2D eigenvalue weighted by molar-refractivity contribution is 7.91. The van der Waals surface area contributed by atoms with E-state index >= 15 is 0 Å². The second-order valence-electron chi connectivity index (χ2n) is 4.98. The van der Waals surface area contributed by atoms with E-state index in [1.807, 2.05) is 6.92 Å². The van der Waals surface area contributed by atoms with Crippen LogP contribution in [-0.2, 0) is 9.84 Å². The second-order valence-corrected chi connectivity index (χ2v) is 7.21. The molecule has 0 radical (unpaired) electrons. The molecule has 0 spiro atoms. The summed E-state index contributed by atoms with van der Waals surface area (Å²) in [6.07, 6.45) is 1.48. The van der Waals surface area contributed by atoms with Crippen molar-refractivity contribution in [3.63, 3.8) is 0 Å². The van der Waals surface area contributed by atoms with Crippen LogP contribution < -0.4 is 5.32 Å². The Morgan fingerprint density at radius 3 is 2.84 bits per heavy atom. The Labute approximate surface area is 113 Å². The number of pyridine rings is 1. The number of nitriles is 1. The molecule has 2 rings (SSSR count). The van der Waals surface area contributed by atoms with E-state index < -0.39 is 9.84 Å². The summed E-state index contributed by atoms with van der Waals surface area (Å²) in [5, 5.41) is 12.4. The summed E-state index contributed by atoms with van der Waals surface area (Å²) in [5.41, 5.74) is 2.67. The van der Waals surface area contributed by atoms with Gasteiger partial charge in [0, 0.05) is 11.7 Å². The smallest absolute Gasteiger partial charge is 0.152 e. The molecule has 1 aromatic rings. The Morgan fingerprint density at radius 2 is 2.21 bits per heavy atom. The van der Waals surface area contributed by atoms with E-state index in [4.69, 9.17) is 0 Å². The number of nitrogens with zero attached hydrogens (tertiary/aromatic N) is 2. The fraction of sp³-hybridized carbons (Fsp3) is 0.538. The summed E-state index contributed by atoms with van der Waals surface area (Å²) in [5.74, 6) is 0.406. The molecule has 1 fully saturated rings. The molecule has 102 valence electrons. The molecule has 0 aliphatic carbocycles. The van der Waals surface area contributed by atoms with Crippen molar-refractivity contribution < 1.29 is 8.42 Å². The van der Waals surface area contributed by atoms with E-state index in [9.17, 15) is 13.7 Å². The Hall–Kier alpha value is -1.61. The minimum Gasteiger partial charge on any atom is -0.380 e. The molecule has 0 bridgehead atoms. The molecule has 1 aliphatic heterocycles. The third-order valence-electron chi connectivity index (χ3n) is 3.26. The van der Waals surface area contributed by atoms with E-state index in [1.54, 1.807) is 13.0 Å². The first-order chi connectivity index (χ1) is 8.91. The lowest BCUT2D eigenvalue weighted by Crippen LogP contribution is -2.35. The summed E-state index contributed by atoms with van der Waals surface area (Å²) in [4.78, 5) is 4.25. The van der Waals surface area contributed by atoms with Crippen molar-refractivity contribution in [3.05, 3.63) is 23.0 Å².